The summed E-state index contributed by atoms with van der Waals surface area (Å²) in [5, 5.41) is 4.94. The molecule has 4 nitrogen and oxygen atoms in total. The maximum atomic E-state index is 13.3. The molecule has 132 valence electrons. The predicted molar refractivity (Wildman–Crippen MR) is 86.1 cm³/mol. The van der Waals surface area contributed by atoms with Gasteiger partial charge < -0.3 is 4.90 Å². The Morgan fingerprint density at radius 2 is 1.75 bits per heavy atom. The zero-order valence-corrected chi connectivity index (χ0v) is 14.3. The molecule has 2 aliphatic heterocycles. The molecular weight excluding hydrogens is 336 g/mol. The number of carbonyl (C=O) groups is 1. The summed E-state index contributed by atoms with van der Waals surface area (Å²) in [7, 11) is 0. The number of alkyl halides is 2. The van der Waals surface area contributed by atoms with Crippen LogP contribution in [0.4, 0.5) is 8.78 Å². The number of rotatable bonds is 2. The Labute approximate surface area is 145 Å². The van der Waals surface area contributed by atoms with Gasteiger partial charge in [-0.25, -0.2) is 8.78 Å². The lowest BCUT2D eigenvalue weighted by Gasteiger charge is -2.41. The van der Waals surface area contributed by atoms with E-state index in [1.54, 1.807) is 6.20 Å². The first-order valence-corrected chi connectivity index (χ1v) is 9.20. The molecule has 4 rings (SSSR count). The lowest BCUT2D eigenvalue weighted by Crippen LogP contribution is -2.50. The fourth-order valence-electron chi connectivity index (χ4n) is 4.74. The molecule has 7 heteroatoms. The quantitative estimate of drug-likeness (QED) is 0.800. The highest BCUT2D eigenvalue weighted by Gasteiger charge is 2.47. The number of aromatic nitrogens is 2. The van der Waals surface area contributed by atoms with Crippen molar-refractivity contribution in [3.05, 3.63) is 17.4 Å². The van der Waals surface area contributed by atoms with Crippen LogP contribution >= 0.6 is 11.6 Å². The Kier molecular flexibility index (Phi) is 4.06. The average molecular weight is 358 g/mol. The molecule has 0 aromatic carbocycles. The minimum atomic E-state index is -2.58. The summed E-state index contributed by atoms with van der Waals surface area (Å²) in [6.45, 7) is 0. The maximum Gasteiger partial charge on any atom is 0.248 e. The number of halogens is 3. The number of fused-ring (bicyclic) bond motifs is 2. The summed E-state index contributed by atoms with van der Waals surface area (Å²) in [6.07, 6.45) is 7.58. The Morgan fingerprint density at radius 1 is 1.12 bits per heavy atom. The number of amides is 1. The monoisotopic (exact) mass is 357 g/mol. The van der Waals surface area contributed by atoms with Gasteiger partial charge in [-0.3, -0.25) is 9.48 Å². The molecule has 0 N–H and O–H groups in total. The van der Waals surface area contributed by atoms with Crippen LogP contribution in [-0.4, -0.2) is 38.6 Å². The second-order valence-electron chi connectivity index (χ2n) is 7.52. The Bertz CT molecular complexity index is 611. The Balaban J connectivity index is 1.44. The molecule has 3 heterocycles. The summed E-state index contributed by atoms with van der Waals surface area (Å²) in [5.41, 5.74) is 0. The highest BCUT2D eigenvalue weighted by Crippen LogP contribution is 2.44. The number of nitrogens with zero attached hydrogens (tertiary/aromatic N) is 3. The molecule has 1 saturated carbocycles. The van der Waals surface area contributed by atoms with Gasteiger partial charge in [0.05, 0.1) is 17.3 Å². The molecule has 1 aromatic heterocycles. The van der Waals surface area contributed by atoms with Crippen molar-refractivity contribution in [3.63, 3.8) is 0 Å². The van der Waals surface area contributed by atoms with Crippen LogP contribution in [0.1, 0.15) is 57.4 Å². The smallest absolute Gasteiger partial charge is 0.248 e. The van der Waals surface area contributed by atoms with E-state index in [2.05, 4.69) is 5.10 Å². The van der Waals surface area contributed by atoms with Crippen LogP contribution in [0, 0.1) is 5.92 Å². The van der Waals surface area contributed by atoms with E-state index < -0.39 is 5.92 Å². The third-order valence-electron chi connectivity index (χ3n) is 5.97. The minimum absolute atomic E-state index is 0.106. The van der Waals surface area contributed by atoms with E-state index in [0.717, 1.165) is 25.7 Å². The third-order valence-corrected chi connectivity index (χ3v) is 6.17. The molecular formula is C17H22ClF2N3O. The summed E-state index contributed by atoms with van der Waals surface area (Å²) in [6, 6.07) is 0.702. The van der Waals surface area contributed by atoms with Crippen molar-refractivity contribution in [2.24, 2.45) is 5.92 Å². The van der Waals surface area contributed by atoms with Crippen molar-refractivity contribution in [2.45, 2.75) is 75.4 Å². The molecule has 2 unspecified atom stereocenters. The topological polar surface area (TPSA) is 38.1 Å². The summed E-state index contributed by atoms with van der Waals surface area (Å²) < 4.78 is 28.6. The van der Waals surface area contributed by atoms with Crippen molar-refractivity contribution in [2.75, 3.05) is 0 Å². The molecule has 2 bridgehead atoms. The molecule has 0 spiro atoms. The SMILES string of the molecule is O=C(C1CCC(F)(F)CC1)N1C2CCC1CC(n1cc(Cl)cn1)C2. The first-order valence-electron chi connectivity index (χ1n) is 8.82. The van der Waals surface area contributed by atoms with Gasteiger partial charge >= 0.3 is 0 Å². The highest BCUT2D eigenvalue weighted by atomic mass is 35.5. The zero-order valence-electron chi connectivity index (χ0n) is 13.5. The van der Waals surface area contributed by atoms with E-state index in [9.17, 15) is 13.6 Å². The van der Waals surface area contributed by atoms with Crippen LogP contribution in [0.15, 0.2) is 12.4 Å². The standard InChI is InChI=1S/C17H22ClF2N3O/c18-12-9-21-22(10-12)15-7-13-1-2-14(8-15)23(13)16(24)11-3-5-17(19,20)6-4-11/h9-11,13-15H,1-8H2. The van der Waals surface area contributed by atoms with Gasteiger partial charge in [0.1, 0.15) is 0 Å². The predicted octanol–water partition coefficient (Wildman–Crippen LogP) is 4.06. The van der Waals surface area contributed by atoms with Crippen LogP contribution in [0.25, 0.3) is 0 Å². The maximum absolute atomic E-state index is 13.3. The Morgan fingerprint density at radius 3 is 2.29 bits per heavy atom. The molecule has 1 amide bonds. The van der Waals surface area contributed by atoms with Gasteiger partial charge in [-0.15, -0.1) is 0 Å². The van der Waals surface area contributed by atoms with Crippen molar-refractivity contribution < 1.29 is 13.6 Å². The van der Waals surface area contributed by atoms with E-state index in [1.807, 2.05) is 15.8 Å². The second-order valence-corrected chi connectivity index (χ2v) is 7.96. The fourth-order valence-corrected chi connectivity index (χ4v) is 4.88. The van der Waals surface area contributed by atoms with Crippen molar-refractivity contribution >= 4 is 17.5 Å². The summed E-state index contributed by atoms with van der Waals surface area (Å²) >= 11 is 5.96. The second kappa shape index (κ2) is 5.97. The highest BCUT2D eigenvalue weighted by molar-refractivity contribution is 6.30. The summed E-state index contributed by atoms with van der Waals surface area (Å²) in [5.74, 6) is -2.69. The Hall–Kier alpha value is -1.17. The number of piperidine rings is 1. The van der Waals surface area contributed by atoms with Gasteiger partial charge in [-0.05, 0) is 38.5 Å². The zero-order chi connectivity index (χ0) is 16.9. The minimum Gasteiger partial charge on any atom is -0.336 e. The van der Waals surface area contributed by atoms with Crippen LogP contribution in [0.5, 0.6) is 0 Å². The molecule has 24 heavy (non-hydrogen) atoms. The number of hydrogen-bond donors (Lipinski definition) is 0. The van der Waals surface area contributed by atoms with Crippen molar-refractivity contribution in [1.82, 2.24) is 14.7 Å². The van der Waals surface area contributed by atoms with Gasteiger partial charge in [0.2, 0.25) is 11.8 Å². The molecule has 2 atom stereocenters. The van der Waals surface area contributed by atoms with Crippen LogP contribution in [0.3, 0.4) is 0 Å². The van der Waals surface area contributed by atoms with E-state index in [0.29, 0.717) is 17.9 Å². The van der Waals surface area contributed by atoms with E-state index in [4.69, 9.17) is 11.6 Å². The van der Waals surface area contributed by atoms with E-state index >= 15 is 0 Å². The van der Waals surface area contributed by atoms with Crippen molar-refractivity contribution in [3.8, 4) is 0 Å². The fraction of sp³-hybridized carbons (Fsp3) is 0.765. The molecule has 1 aliphatic carbocycles. The molecule has 3 aliphatic rings. The van der Waals surface area contributed by atoms with Gasteiger partial charge in [-0.2, -0.15) is 5.10 Å². The third kappa shape index (κ3) is 2.93. The number of hydrogen-bond acceptors (Lipinski definition) is 2. The molecule has 2 saturated heterocycles. The first kappa shape index (κ1) is 16.3. The molecule has 3 fully saturated rings. The average Bonchev–Trinajstić information content (AvgIpc) is 3.08. The number of carbonyl (C=O) groups excluding carboxylic acids is 1. The van der Waals surface area contributed by atoms with E-state index in [-0.39, 0.29) is 42.8 Å². The van der Waals surface area contributed by atoms with Crippen molar-refractivity contribution in [1.29, 1.82) is 0 Å². The van der Waals surface area contributed by atoms with Crippen LogP contribution in [0.2, 0.25) is 5.02 Å². The van der Waals surface area contributed by atoms with E-state index in [1.165, 1.54) is 0 Å². The van der Waals surface area contributed by atoms with Gasteiger partial charge in [0, 0.05) is 37.0 Å². The van der Waals surface area contributed by atoms with Gasteiger partial charge in [-0.1, -0.05) is 11.6 Å². The normalized spacial score (nSPS) is 33.0. The lowest BCUT2D eigenvalue weighted by atomic mass is 9.84. The molecule has 0 radical (unpaired) electrons. The first-order chi connectivity index (χ1) is 11.4. The van der Waals surface area contributed by atoms with Crippen LogP contribution < -0.4 is 0 Å². The summed E-state index contributed by atoms with van der Waals surface area (Å²) in [4.78, 5) is 14.9. The lowest BCUT2D eigenvalue weighted by molar-refractivity contribution is -0.144. The van der Waals surface area contributed by atoms with Gasteiger partial charge in [0.15, 0.2) is 0 Å². The largest absolute Gasteiger partial charge is 0.336 e. The van der Waals surface area contributed by atoms with Crippen LogP contribution in [-0.2, 0) is 4.79 Å². The molecule has 1 aromatic rings. The van der Waals surface area contributed by atoms with Gasteiger partial charge in [0.25, 0.3) is 0 Å².